The molecule has 134 valence electrons. The minimum absolute atomic E-state index is 0.0216. The number of hydrogen-bond donors (Lipinski definition) is 1. The smallest absolute Gasteiger partial charge is 0.231 e. The molecular weight excluding hydrogens is 324 g/mol. The lowest BCUT2D eigenvalue weighted by atomic mass is 10.0. The highest BCUT2D eigenvalue weighted by Crippen LogP contribution is 2.26. The summed E-state index contributed by atoms with van der Waals surface area (Å²) >= 11 is 1.92. The number of nitrogens with one attached hydrogen (secondary N) is 1. The van der Waals surface area contributed by atoms with Crippen molar-refractivity contribution in [2.24, 2.45) is 5.92 Å². The minimum Gasteiger partial charge on any atom is -0.381 e. The molecule has 1 atom stereocenters. The Bertz CT molecular complexity index is 522. The highest BCUT2D eigenvalue weighted by atomic mass is 32.2. The van der Waals surface area contributed by atoms with Crippen LogP contribution < -0.4 is 5.32 Å². The van der Waals surface area contributed by atoms with E-state index in [1.807, 2.05) is 22.5 Å². The molecule has 1 aromatic heterocycles. The van der Waals surface area contributed by atoms with Gasteiger partial charge in [0.25, 0.3) is 0 Å². The van der Waals surface area contributed by atoms with Gasteiger partial charge in [0.2, 0.25) is 5.91 Å². The Morgan fingerprint density at radius 3 is 2.96 bits per heavy atom. The maximum Gasteiger partial charge on any atom is 0.231 e. The van der Waals surface area contributed by atoms with Crippen LogP contribution in [0.5, 0.6) is 0 Å². The number of carbonyl (C=O) groups excluding carboxylic acids is 1. The van der Waals surface area contributed by atoms with E-state index in [9.17, 15) is 4.79 Å². The van der Waals surface area contributed by atoms with Crippen molar-refractivity contribution in [2.45, 2.75) is 31.7 Å². The van der Waals surface area contributed by atoms with E-state index in [4.69, 9.17) is 4.74 Å². The fourth-order valence-corrected chi connectivity index (χ4v) is 3.91. The summed E-state index contributed by atoms with van der Waals surface area (Å²) in [5.41, 5.74) is 0. The summed E-state index contributed by atoms with van der Waals surface area (Å²) in [4.78, 5) is 14.9. The molecule has 2 fully saturated rings. The first-order valence-electron chi connectivity index (χ1n) is 8.91. The first-order chi connectivity index (χ1) is 11.8. The number of thioether (sulfide) groups is 1. The van der Waals surface area contributed by atoms with Gasteiger partial charge in [0.1, 0.15) is 5.82 Å². The predicted octanol–water partition coefficient (Wildman–Crippen LogP) is 2.25. The van der Waals surface area contributed by atoms with Crippen LogP contribution in [0.2, 0.25) is 0 Å². The quantitative estimate of drug-likeness (QED) is 0.763. The number of aromatic nitrogens is 2. The van der Waals surface area contributed by atoms with E-state index in [1.54, 1.807) is 6.20 Å². The van der Waals surface area contributed by atoms with E-state index >= 15 is 0 Å². The molecule has 2 aliphatic rings. The lowest BCUT2D eigenvalue weighted by Crippen LogP contribution is -2.36. The van der Waals surface area contributed by atoms with E-state index in [1.165, 1.54) is 18.7 Å². The molecule has 0 aromatic carbocycles. The van der Waals surface area contributed by atoms with Crippen molar-refractivity contribution >= 4 is 23.5 Å². The van der Waals surface area contributed by atoms with Crippen LogP contribution in [0.25, 0.3) is 0 Å². The van der Waals surface area contributed by atoms with Gasteiger partial charge >= 0.3 is 0 Å². The zero-order valence-electron chi connectivity index (χ0n) is 14.4. The predicted molar refractivity (Wildman–Crippen MR) is 97.5 cm³/mol. The Labute approximate surface area is 148 Å². The number of rotatable bonds is 7. The number of carbonyl (C=O) groups is 1. The van der Waals surface area contributed by atoms with Gasteiger partial charge in [-0.1, -0.05) is 0 Å². The van der Waals surface area contributed by atoms with Crippen molar-refractivity contribution in [3.63, 3.8) is 0 Å². The maximum atomic E-state index is 12.3. The molecule has 1 unspecified atom stereocenters. The molecule has 3 rings (SSSR count). The van der Waals surface area contributed by atoms with Crippen molar-refractivity contribution in [3.05, 3.63) is 12.3 Å². The molecule has 0 aliphatic carbocycles. The van der Waals surface area contributed by atoms with Gasteiger partial charge in [-0.2, -0.15) is 16.9 Å². The molecular formula is C17H28N4O2S. The van der Waals surface area contributed by atoms with E-state index in [0.717, 1.165) is 38.2 Å². The zero-order valence-corrected chi connectivity index (χ0v) is 15.3. The summed E-state index contributed by atoms with van der Waals surface area (Å²) < 4.78 is 7.31. The fraction of sp³-hybridized carbons (Fsp3) is 0.765. The molecule has 0 bridgehead atoms. The first kappa shape index (κ1) is 17.8. The molecule has 24 heavy (non-hydrogen) atoms. The fourth-order valence-electron chi connectivity index (χ4n) is 3.49. The monoisotopic (exact) mass is 352 g/mol. The topological polar surface area (TPSA) is 59.4 Å². The molecule has 0 spiro atoms. The SMILES string of the molecule is CSCCCN1CCC(n2nccc2NC(=O)C2CCOC2)CC1. The van der Waals surface area contributed by atoms with Gasteiger partial charge in [0.05, 0.1) is 24.8 Å². The number of amides is 1. The van der Waals surface area contributed by atoms with Crippen molar-refractivity contribution in [1.29, 1.82) is 0 Å². The summed E-state index contributed by atoms with van der Waals surface area (Å²) in [6.07, 6.45) is 8.21. The van der Waals surface area contributed by atoms with Gasteiger partial charge in [-0.15, -0.1) is 0 Å². The van der Waals surface area contributed by atoms with E-state index in [0.29, 0.717) is 19.3 Å². The van der Waals surface area contributed by atoms with Crippen LogP contribution in [-0.4, -0.2) is 65.4 Å². The second-order valence-corrected chi connectivity index (χ2v) is 7.62. The van der Waals surface area contributed by atoms with Gasteiger partial charge in [-0.3, -0.25) is 4.79 Å². The van der Waals surface area contributed by atoms with E-state index < -0.39 is 0 Å². The third-order valence-corrected chi connectivity index (χ3v) is 5.64. The van der Waals surface area contributed by atoms with Crippen LogP contribution in [0.3, 0.4) is 0 Å². The first-order valence-corrected chi connectivity index (χ1v) is 10.3. The highest BCUT2D eigenvalue weighted by Gasteiger charge is 2.26. The molecule has 7 heteroatoms. The Morgan fingerprint density at radius 1 is 1.42 bits per heavy atom. The Morgan fingerprint density at radius 2 is 2.25 bits per heavy atom. The standard InChI is InChI=1S/C17H28N4O2S/c1-24-12-2-8-20-9-4-15(5-10-20)21-16(3-7-18-21)19-17(22)14-6-11-23-13-14/h3,7,14-15H,2,4-6,8-13H2,1H3,(H,19,22). The van der Waals surface area contributed by atoms with Gasteiger partial charge in [0.15, 0.2) is 0 Å². The molecule has 0 saturated carbocycles. The number of ether oxygens (including phenoxy) is 1. The summed E-state index contributed by atoms with van der Waals surface area (Å²) in [5, 5.41) is 7.52. The number of likely N-dealkylation sites (tertiary alicyclic amines) is 1. The lowest BCUT2D eigenvalue weighted by Gasteiger charge is -2.32. The lowest BCUT2D eigenvalue weighted by molar-refractivity contribution is -0.119. The van der Waals surface area contributed by atoms with Crippen LogP contribution in [0.1, 0.15) is 31.7 Å². The number of hydrogen-bond acceptors (Lipinski definition) is 5. The molecule has 3 heterocycles. The van der Waals surface area contributed by atoms with Crippen molar-refractivity contribution in [1.82, 2.24) is 14.7 Å². The summed E-state index contributed by atoms with van der Waals surface area (Å²) in [7, 11) is 0. The largest absolute Gasteiger partial charge is 0.381 e. The van der Waals surface area contributed by atoms with Crippen LogP contribution in [0.15, 0.2) is 12.3 Å². The van der Waals surface area contributed by atoms with Gasteiger partial charge in [0, 0.05) is 25.8 Å². The van der Waals surface area contributed by atoms with Crippen molar-refractivity contribution in [3.8, 4) is 0 Å². The number of nitrogens with zero attached hydrogens (tertiary/aromatic N) is 3. The molecule has 1 aromatic rings. The Kier molecular flexibility index (Phi) is 6.57. The Hall–Kier alpha value is -1.05. The minimum atomic E-state index is -0.0216. The van der Waals surface area contributed by atoms with Gasteiger partial charge < -0.3 is 15.0 Å². The van der Waals surface area contributed by atoms with Crippen molar-refractivity contribution in [2.75, 3.05) is 50.2 Å². The second kappa shape index (κ2) is 8.87. The molecule has 1 amide bonds. The third kappa shape index (κ3) is 4.52. The molecule has 2 aliphatic heterocycles. The average molecular weight is 353 g/mol. The van der Waals surface area contributed by atoms with E-state index in [2.05, 4.69) is 21.6 Å². The van der Waals surface area contributed by atoms with Crippen LogP contribution in [-0.2, 0) is 9.53 Å². The van der Waals surface area contributed by atoms with Crippen molar-refractivity contribution < 1.29 is 9.53 Å². The summed E-state index contributed by atoms with van der Waals surface area (Å²) in [5.74, 6) is 2.10. The van der Waals surface area contributed by atoms with Gasteiger partial charge in [-0.05, 0) is 44.2 Å². The normalized spacial score (nSPS) is 22.8. The van der Waals surface area contributed by atoms with E-state index in [-0.39, 0.29) is 11.8 Å². The third-order valence-electron chi connectivity index (χ3n) is 4.95. The van der Waals surface area contributed by atoms with Crippen LogP contribution in [0, 0.1) is 5.92 Å². The van der Waals surface area contributed by atoms with Gasteiger partial charge in [-0.25, -0.2) is 4.68 Å². The molecule has 2 saturated heterocycles. The number of anilines is 1. The van der Waals surface area contributed by atoms with Crippen LogP contribution in [0.4, 0.5) is 5.82 Å². The average Bonchev–Trinajstić information content (AvgIpc) is 3.27. The maximum absolute atomic E-state index is 12.3. The second-order valence-electron chi connectivity index (χ2n) is 6.63. The molecule has 6 nitrogen and oxygen atoms in total. The summed E-state index contributed by atoms with van der Waals surface area (Å²) in [6.45, 7) is 4.64. The Balaban J connectivity index is 1.51. The van der Waals surface area contributed by atoms with Crippen LogP contribution >= 0.6 is 11.8 Å². The highest BCUT2D eigenvalue weighted by molar-refractivity contribution is 7.98. The zero-order chi connectivity index (χ0) is 16.8. The number of piperidine rings is 1. The molecule has 0 radical (unpaired) electrons. The summed E-state index contributed by atoms with van der Waals surface area (Å²) in [6, 6.07) is 2.28. The molecule has 1 N–H and O–H groups in total.